The van der Waals surface area contributed by atoms with Crippen molar-refractivity contribution in [3.05, 3.63) is 23.8 Å². The number of hydrogen-bond acceptors (Lipinski definition) is 4. The zero-order valence-electron chi connectivity index (χ0n) is 11.2. The third kappa shape index (κ3) is 3.95. The van der Waals surface area contributed by atoms with Gasteiger partial charge in [0.2, 0.25) is 0 Å². The second kappa shape index (κ2) is 6.89. The molecule has 0 aliphatic heterocycles. The maximum absolute atomic E-state index is 11.9. The van der Waals surface area contributed by atoms with Gasteiger partial charge >= 0.3 is 5.97 Å². The van der Waals surface area contributed by atoms with Crippen LogP contribution in [-0.2, 0) is 4.74 Å². The van der Waals surface area contributed by atoms with Crippen molar-refractivity contribution in [2.75, 3.05) is 19.5 Å². The minimum atomic E-state index is -0.387. The summed E-state index contributed by atoms with van der Waals surface area (Å²) < 4.78 is 10.4. The largest absolute Gasteiger partial charge is 0.496 e. The summed E-state index contributed by atoms with van der Waals surface area (Å²) in [5.74, 6) is 0.463. The molecule has 1 rings (SSSR count). The Morgan fingerprint density at radius 1 is 1.44 bits per heavy atom. The Morgan fingerprint density at radius 3 is 2.78 bits per heavy atom. The van der Waals surface area contributed by atoms with Crippen LogP contribution in [0.15, 0.2) is 18.2 Å². The fourth-order valence-electron chi connectivity index (χ4n) is 1.76. The van der Waals surface area contributed by atoms with Crippen LogP contribution in [0.1, 0.15) is 37.0 Å². The van der Waals surface area contributed by atoms with Gasteiger partial charge in [-0.05, 0) is 30.5 Å². The van der Waals surface area contributed by atoms with Crippen LogP contribution in [0.2, 0.25) is 0 Å². The zero-order valence-corrected chi connectivity index (χ0v) is 11.2. The number of anilines is 1. The second-order valence-corrected chi connectivity index (χ2v) is 4.45. The molecule has 1 atom stereocenters. The average molecular weight is 251 g/mol. The van der Waals surface area contributed by atoms with Crippen LogP contribution in [-0.4, -0.2) is 19.7 Å². The molecule has 0 bridgehead atoms. The first kappa shape index (κ1) is 14.4. The highest BCUT2D eigenvalue weighted by Gasteiger charge is 2.15. The molecule has 0 aromatic heterocycles. The Morgan fingerprint density at radius 2 is 2.17 bits per heavy atom. The van der Waals surface area contributed by atoms with Gasteiger partial charge in [0.05, 0.1) is 13.7 Å². The van der Waals surface area contributed by atoms with Crippen molar-refractivity contribution in [3.8, 4) is 5.75 Å². The smallest absolute Gasteiger partial charge is 0.342 e. The molecule has 0 saturated heterocycles. The highest BCUT2D eigenvalue weighted by atomic mass is 16.5. The van der Waals surface area contributed by atoms with Crippen molar-refractivity contribution in [1.82, 2.24) is 0 Å². The van der Waals surface area contributed by atoms with Gasteiger partial charge in [0.15, 0.2) is 0 Å². The summed E-state index contributed by atoms with van der Waals surface area (Å²) in [7, 11) is 1.52. The Kier molecular flexibility index (Phi) is 5.49. The third-order valence-electron chi connectivity index (χ3n) is 2.72. The molecule has 1 aromatic rings. The van der Waals surface area contributed by atoms with E-state index in [9.17, 15) is 4.79 Å². The minimum absolute atomic E-state index is 0.367. The molecule has 4 heteroatoms. The summed E-state index contributed by atoms with van der Waals surface area (Å²) in [6.07, 6.45) is 2.13. The Labute approximate surface area is 108 Å². The van der Waals surface area contributed by atoms with E-state index in [0.717, 1.165) is 12.8 Å². The molecule has 0 heterocycles. The van der Waals surface area contributed by atoms with Gasteiger partial charge in [-0.2, -0.15) is 0 Å². The summed E-state index contributed by atoms with van der Waals surface area (Å²) in [5.41, 5.74) is 6.55. The number of nitrogens with two attached hydrogens (primary N) is 1. The minimum Gasteiger partial charge on any atom is -0.496 e. The molecule has 0 radical (unpaired) electrons. The zero-order chi connectivity index (χ0) is 13.5. The first-order chi connectivity index (χ1) is 8.58. The predicted molar refractivity (Wildman–Crippen MR) is 71.8 cm³/mol. The van der Waals surface area contributed by atoms with E-state index in [4.69, 9.17) is 15.2 Å². The van der Waals surface area contributed by atoms with Gasteiger partial charge in [-0.1, -0.05) is 20.3 Å². The number of ether oxygens (including phenoxy) is 2. The van der Waals surface area contributed by atoms with Gasteiger partial charge in [-0.3, -0.25) is 0 Å². The molecule has 4 nitrogen and oxygen atoms in total. The molecular formula is C14H21NO3. The molecule has 0 fully saturated rings. The summed E-state index contributed by atoms with van der Waals surface area (Å²) in [4.78, 5) is 11.9. The van der Waals surface area contributed by atoms with Crippen LogP contribution >= 0.6 is 0 Å². The van der Waals surface area contributed by atoms with E-state index >= 15 is 0 Å². The van der Waals surface area contributed by atoms with Gasteiger partial charge in [-0.25, -0.2) is 4.79 Å². The quantitative estimate of drug-likeness (QED) is 0.623. The van der Waals surface area contributed by atoms with Gasteiger partial charge in [0.1, 0.15) is 11.3 Å². The maximum Gasteiger partial charge on any atom is 0.342 e. The first-order valence-corrected chi connectivity index (χ1v) is 6.19. The van der Waals surface area contributed by atoms with Crippen molar-refractivity contribution >= 4 is 11.7 Å². The summed E-state index contributed by atoms with van der Waals surface area (Å²) in [6, 6.07) is 4.93. The fourth-order valence-corrected chi connectivity index (χ4v) is 1.76. The standard InChI is InChI=1S/C14H21NO3/c1-4-5-10(2)9-18-14(16)12-8-11(15)6-7-13(12)17-3/h6-8,10H,4-5,9,15H2,1-3H3. The van der Waals surface area contributed by atoms with Crippen molar-refractivity contribution in [2.45, 2.75) is 26.7 Å². The van der Waals surface area contributed by atoms with Gasteiger partial charge in [0.25, 0.3) is 0 Å². The van der Waals surface area contributed by atoms with E-state index in [1.807, 2.05) is 0 Å². The van der Waals surface area contributed by atoms with Gasteiger partial charge in [-0.15, -0.1) is 0 Å². The molecule has 2 N–H and O–H groups in total. The summed E-state index contributed by atoms with van der Waals surface area (Å²) in [5, 5.41) is 0. The highest BCUT2D eigenvalue weighted by molar-refractivity contribution is 5.93. The SMILES string of the molecule is CCCC(C)COC(=O)c1cc(N)ccc1OC. The van der Waals surface area contributed by atoms with Crippen LogP contribution < -0.4 is 10.5 Å². The van der Waals surface area contributed by atoms with E-state index in [2.05, 4.69) is 13.8 Å². The van der Waals surface area contributed by atoms with Crippen LogP contribution in [0.4, 0.5) is 5.69 Å². The van der Waals surface area contributed by atoms with E-state index in [1.165, 1.54) is 7.11 Å². The number of methoxy groups -OCH3 is 1. The highest BCUT2D eigenvalue weighted by Crippen LogP contribution is 2.22. The number of benzene rings is 1. The monoisotopic (exact) mass is 251 g/mol. The lowest BCUT2D eigenvalue weighted by molar-refractivity contribution is 0.0440. The lowest BCUT2D eigenvalue weighted by Crippen LogP contribution is -2.13. The van der Waals surface area contributed by atoms with E-state index in [0.29, 0.717) is 29.5 Å². The van der Waals surface area contributed by atoms with E-state index < -0.39 is 0 Å². The normalized spacial score (nSPS) is 11.9. The molecule has 1 unspecified atom stereocenters. The molecule has 18 heavy (non-hydrogen) atoms. The molecule has 0 spiro atoms. The van der Waals surface area contributed by atoms with Gasteiger partial charge in [0, 0.05) is 5.69 Å². The van der Waals surface area contributed by atoms with E-state index in [-0.39, 0.29) is 5.97 Å². The molecule has 0 aliphatic carbocycles. The summed E-state index contributed by atoms with van der Waals surface area (Å²) >= 11 is 0. The van der Waals surface area contributed by atoms with Crippen molar-refractivity contribution in [3.63, 3.8) is 0 Å². The van der Waals surface area contributed by atoms with Crippen LogP contribution in [0.25, 0.3) is 0 Å². The Balaban J connectivity index is 2.68. The van der Waals surface area contributed by atoms with Crippen molar-refractivity contribution in [2.24, 2.45) is 5.92 Å². The van der Waals surface area contributed by atoms with Gasteiger partial charge < -0.3 is 15.2 Å². The van der Waals surface area contributed by atoms with Crippen LogP contribution in [0.5, 0.6) is 5.75 Å². The number of carbonyl (C=O) groups excluding carboxylic acids is 1. The maximum atomic E-state index is 11.9. The van der Waals surface area contributed by atoms with Crippen molar-refractivity contribution < 1.29 is 14.3 Å². The average Bonchev–Trinajstić information content (AvgIpc) is 2.36. The number of carbonyl (C=O) groups is 1. The summed E-state index contributed by atoms with van der Waals surface area (Å²) in [6.45, 7) is 4.59. The van der Waals surface area contributed by atoms with E-state index in [1.54, 1.807) is 18.2 Å². The van der Waals surface area contributed by atoms with Crippen LogP contribution in [0.3, 0.4) is 0 Å². The molecular weight excluding hydrogens is 230 g/mol. The number of rotatable bonds is 6. The van der Waals surface area contributed by atoms with Crippen LogP contribution in [0, 0.1) is 5.92 Å². The molecule has 0 saturated carbocycles. The molecule has 0 aliphatic rings. The second-order valence-electron chi connectivity index (χ2n) is 4.45. The molecule has 0 amide bonds. The molecule has 1 aromatic carbocycles. The Bertz CT molecular complexity index is 404. The number of esters is 1. The predicted octanol–water partition coefficient (Wildman–Crippen LogP) is 2.87. The lowest BCUT2D eigenvalue weighted by Gasteiger charge is -2.12. The topological polar surface area (TPSA) is 61.5 Å². The lowest BCUT2D eigenvalue weighted by atomic mass is 10.1. The molecule has 100 valence electrons. The third-order valence-corrected chi connectivity index (χ3v) is 2.72. The van der Waals surface area contributed by atoms with Crippen molar-refractivity contribution in [1.29, 1.82) is 0 Å². The number of nitrogen functional groups attached to an aromatic ring is 1. The Hall–Kier alpha value is -1.71. The first-order valence-electron chi connectivity index (χ1n) is 6.19. The fraction of sp³-hybridized carbons (Fsp3) is 0.500. The number of hydrogen-bond donors (Lipinski definition) is 1.